The molecule has 170 valence electrons. The van der Waals surface area contributed by atoms with Crippen LogP contribution in [-0.4, -0.2) is 55.5 Å². The quantitative estimate of drug-likeness (QED) is 0.699. The number of urea groups is 1. The van der Waals surface area contributed by atoms with Gasteiger partial charge in [-0.05, 0) is 54.5 Å². The van der Waals surface area contributed by atoms with Crippen LogP contribution in [0.3, 0.4) is 0 Å². The highest BCUT2D eigenvalue weighted by molar-refractivity contribution is 7.90. The van der Waals surface area contributed by atoms with Crippen molar-refractivity contribution in [2.45, 2.75) is 42.8 Å². The standard InChI is InChI=1S/C24H28FN3O3S/c1-32(30,31)13-11-26-23-14-24(15-23,16-23)27-22(29)28-12-10-17-4-2-3-5-20(17)21(28)18-6-8-19(25)9-7-18/h2-9,21,26H,10-16H2,1H3,(H,27,29)/t21-,23?,24?/m0/s1. The normalized spacial score (nSPS) is 28.3. The van der Waals surface area contributed by atoms with Crippen LogP contribution >= 0.6 is 0 Å². The summed E-state index contributed by atoms with van der Waals surface area (Å²) in [6, 6.07) is 14.2. The number of carbonyl (C=O) groups excluding carboxylic acids is 1. The summed E-state index contributed by atoms with van der Waals surface area (Å²) < 4.78 is 36.2. The highest BCUT2D eigenvalue weighted by Gasteiger charge is 2.68. The maximum atomic E-state index is 13.5. The summed E-state index contributed by atoms with van der Waals surface area (Å²) >= 11 is 0. The maximum Gasteiger partial charge on any atom is 0.318 e. The Bertz CT molecular complexity index is 1130. The van der Waals surface area contributed by atoms with E-state index in [-0.39, 0.29) is 34.7 Å². The van der Waals surface area contributed by atoms with Crippen molar-refractivity contribution in [3.63, 3.8) is 0 Å². The molecule has 3 aliphatic carbocycles. The van der Waals surface area contributed by atoms with E-state index in [9.17, 15) is 17.6 Å². The van der Waals surface area contributed by atoms with Crippen LogP contribution in [0, 0.1) is 5.82 Å². The summed E-state index contributed by atoms with van der Waals surface area (Å²) in [5, 5.41) is 6.63. The summed E-state index contributed by atoms with van der Waals surface area (Å²) in [5.74, 6) is -0.169. The zero-order chi connectivity index (χ0) is 22.6. The largest absolute Gasteiger partial charge is 0.332 e. The van der Waals surface area contributed by atoms with Crippen LogP contribution in [0.1, 0.15) is 42.0 Å². The molecule has 6 rings (SSSR count). The topological polar surface area (TPSA) is 78.5 Å². The van der Waals surface area contributed by atoms with E-state index in [0.717, 1.165) is 36.8 Å². The van der Waals surface area contributed by atoms with Gasteiger partial charge in [0.2, 0.25) is 0 Å². The van der Waals surface area contributed by atoms with Crippen molar-refractivity contribution in [1.82, 2.24) is 15.5 Å². The molecule has 0 saturated heterocycles. The number of benzene rings is 2. The Labute approximate surface area is 188 Å². The first kappa shape index (κ1) is 21.4. The molecule has 2 aromatic carbocycles. The van der Waals surface area contributed by atoms with Crippen molar-refractivity contribution in [2.24, 2.45) is 0 Å². The predicted molar refractivity (Wildman–Crippen MR) is 121 cm³/mol. The van der Waals surface area contributed by atoms with Crippen LogP contribution in [0.2, 0.25) is 0 Å². The van der Waals surface area contributed by atoms with Crippen LogP contribution in [0.5, 0.6) is 0 Å². The van der Waals surface area contributed by atoms with Crippen LogP contribution in [0.4, 0.5) is 9.18 Å². The van der Waals surface area contributed by atoms with Crippen LogP contribution in [0.15, 0.2) is 48.5 Å². The molecule has 1 atom stereocenters. The summed E-state index contributed by atoms with van der Waals surface area (Å²) in [5.41, 5.74) is 2.94. The Hall–Kier alpha value is -2.45. The summed E-state index contributed by atoms with van der Waals surface area (Å²) in [6.45, 7) is 1.04. The Morgan fingerprint density at radius 2 is 1.78 bits per heavy atom. The molecule has 6 nitrogen and oxygen atoms in total. The lowest BCUT2D eigenvalue weighted by Crippen LogP contribution is -2.84. The van der Waals surface area contributed by atoms with Gasteiger partial charge in [-0.3, -0.25) is 0 Å². The first-order chi connectivity index (χ1) is 15.2. The first-order valence-electron chi connectivity index (χ1n) is 11.0. The first-order valence-corrected chi connectivity index (χ1v) is 13.1. The number of rotatable bonds is 6. The second-order valence-electron chi connectivity index (χ2n) is 9.67. The van der Waals surface area contributed by atoms with Crippen LogP contribution in [-0.2, 0) is 16.3 Å². The number of carbonyl (C=O) groups is 1. The molecule has 3 fully saturated rings. The van der Waals surface area contributed by atoms with E-state index in [2.05, 4.69) is 16.7 Å². The molecule has 8 heteroatoms. The zero-order valence-electron chi connectivity index (χ0n) is 18.1. The second-order valence-corrected chi connectivity index (χ2v) is 11.9. The molecule has 2 N–H and O–H groups in total. The zero-order valence-corrected chi connectivity index (χ0v) is 18.9. The van der Waals surface area contributed by atoms with Gasteiger partial charge in [0.25, 0.3) is 0 Å². The monoisotopic (exact) mass is 457 g/mol. The molecule has 0 aromatic heterocycles. The lowest BCUT2D eigenvalue weighted by molar-refractivity contribution is -0.0969. The Kier molecular flexibility index (Phi) is 5.05. The minimum absolute atomic E-state index is 0.0389. The van der Waals surface area contributed by atoms with E-state index in [0.29, 0.717) is 13.1 Å². The minimum Gasteiger partial charge on any atom is -0.332 e. The van der Waals surface area contributed by atoms with Gasteiger partial charge in [0.05, 0.1) is 11.8 Å². The van der Waals surface area contributed by atoms with E-state index in [1.165, 1.54) is 24.0 Å². The number of halogens is 1. The van der Waals surface area contributed by atoms with Crippen molar-refractivity contribution in [1.29, 1.82) is 0 Å². The van der Waals surface area contributed by atoms with E-state index in [4.69, 9.17) is 0 Å². The molecule has 3 saturated carbocycles. The summed E-state index contributed by atoms with van der Waals surface area (Å²) in [4.78, 5) is 15.2. The number of sulfone groups is 1. The number of hydrogen-bond acceptors (Lipinski definition) is 4. The number of nitrogens with zero attached hydrogens (tertiary/aromatic N) is 1. The van der Waals surface area contributed by atoms with Crippen LogP contribution in [0.25, 0.3) is 0 Å². The van der Waals surface area contributed by atoms with Gasteiger partial charge in [0, 0.05) is 30.4 Å². The second kappa shape index (κ2) is 7.56. The van der Waals surface area contributed by atoms with Crippen molar-refractivity contribution >= 4 is 15.9 Å². The molecule has 2 bridgehead atoms. The number of fused-ring (bicyclic) bond motifs is 1. The smallest absolute Gasteiger partial charge is 0.318 e. The lowest BCUT2D eigenvalue weighted by atomic mass is 9.44. The van der Waals surface area contributed by atoms with Crippen LogP contribution < -0.4 is 10.6 Å². The van der Waals surface area contributed by atoms with Crippen molar-refractivity contribution in [2.75, 3.05) is 25.1 Å². The van der Waals surface area contributed by atoms with Gasteiger partial charge in [0.1, 0.15) is 15.7 Å². The fraction of sp³-hybridized carbons (Fsp3) is 0.458. The van der Waals surface area contributed by atoms with E-state index < -0.39 is 9.84 Å². The molecular formula is C24H28FN3O3S. The summed E-state index contributed by atoms with van der Waals surface area (Å²) in [7, 11) is -2.98. The van der Waals surface area contributed by atoms with E-state index in [1.54, 1.807) is 12.1 Å². The predicted octanol–water partition coefficient (Wildman–Crippen LogP) is 2.79. The molecule has 0 unspecified atom stereocenters. The van der Waals surface area contributed by atoms with Gasteiger partial charge < -0.3 is 15.5 Å². The van der Waals surface area contributed by atoms with Gasteiger partial charge in [0.15, 0.2) is 0 Å². The molecule has 4 aliphatic rings. The van der Waals surface area contributed by atoms with Crippen molar-refractivity contribution in [3.05, 3.63) is 71.0 Å². The Morgan fingerprint density at radius 3 is 2.47 bits per heavy atom. The van der Waals surface area contributed by atoms with Crippen molar-refractivity contribution < 1.29 is 17.6 Å². The average molecular weight is 458 g/mol. The number of nitrogens with one attached hydrogen (secondary N) is 2. The van der Waals surface area contributed by atoms with E-state index >= 15 is 0 Å². The van der Waals surface area contributed by atoms with Crippen molar-refractivity contribution in [3.8, 4) is 0 Å². The van der Waals surface area contributed by atoms with E-state index in [1.807, 2.05) is 23.1 Å². The fourth-order valence-corrected chi connectivity index (χ4v) is 6.17. The Morgan fingerprint density at radius 1 is 1.09 bits per heavy atom. The molecule has 0 radical (unpaired) electrons. The van der Waals surface area contributed by atoms with Gasteiger partial charge >= 0.3 is 6.03 Å². The maximum absolute atomic E-state index is 13.5. The molecule has 2 amide bonds. The SMILES string of the molecule is CS(=O)(=O)CCNC12CC(NC(=O)N3CCc4ccccc4[C@@H]3c3ccc(F)cc3)(C1)C2. The third-order valence-electron chi connectivity index (χ3n) is 7.11. The highest BCUT2D eigenvalue weighted by atomic mass is 32.2. The molecular weight excluding hydrogens is 429 g/mol. The highest BCUT2D eigenvalue weighted by Crippen LogP contribution is 2.60. The third kappa shape index (κ3) is 3.90. The molecule has 1 heterocycles. The molecule has 32 heavy (non-hydrogen) atoms. The molecule has 1 aliphatic heterocycles. The van der Waals surface area contributed by atoms with Gasteiger partial charge in [-0.25, -0.2) is 17.6 Å². The third-order valence-corrected chi connectivity index (χ3v) is 8.05. The minimum atomic E-state index is -2.98. The molecule has 2 aromatic rings. The fourth-order valence-electron chi connectivity index (χ4n) is 5.70. The van der Waals surface area contributed by atoms with Gasteiger partial charge in [-0.2, -0.15) is 0 Å². The number of amides is 2. The lowest BCUT2D eigenvalue weighted by Gasteiger charge is -2.71. The number of hydrogen-bond donors (Lipinski definition) is 2. The average Bonchev–Trinajstić information content (AvgIpc) is 2.70. The Balaban J connectivity index is 1.28. The summed E-state index contributed by atoms with van der Waals surface area (Å²) in [6.07, 6.45) is 4.49. The van der Waals surface area contributed by atoms with Gasteiger partial charge in [-0.15, -0.1) is 0 Å². The molecule has 0 spiro atoms. The van der Waals surface area contributed by atoms with Gasteiger partial charge in [-0.1, -0.05) is 36.4 Å².